The molecule has 0 aliphatic carbocycles. The molecule has 0 radical (unpaired) electrons. The van der Waals surface area contributed by atoms with E-state index in [1.165, 1.54) is 10.6 Å². The van der Waals surface area contributed by atoms with Crippen molar-refractivity contribution in [3.05, 3.63) is 16.1 Å². The third-order valence-electron chi connectivity index (χ3n) is 1.70. The Bertz CT molecular complexity index is 230. The topological polar surface area (TPSA) is 38.9 Å². The van der Waals surface area contributed by atoms with Crippen molar-refractivity contribution in [2.24, 2.45) is 11.7 Å². The Hall–Kier alpha value is -0.410. The highest BCUT2D eigenvalue weighted by molar-refractivity contribution is 7.09. The number of hydrogen-bond donors (Lipinski definition) is 1. The van der Waals surface area contributed by atoms with E-state index >= 15 is 0 Å². The van der Waals surface area contributed by atoms with Crippen molar-refractivity contribution in [3.63, 3.8) is 0 Å². The first-order valence-corrected chi connectivity index (χ1v) is 5.23. The standard InChI is InChI=1S/C9H16N2S/c1-7(2)5-9-8(3-4-10)11-6-12-9/h6-7H,3-5,10H2,1-2H3. The molecule has 0 unspecified atom stereocenters. The van der Waals surface area contributed by atoms with E-state index < -0.39 is 0 Å². The summed E-state index contributed by atoms with van der Waals surface area (Å²) in [6.45, 7) is 5.16. The number of nitrogens with zero attached hydrogens (tertiary/aromatic N) is 1. The molecule has 2 N–H and O–H groups in total. The fourth-order valence-corrected chi connectivity index (χ4v) is 2.20. The molecule has 0 aromatic carbocycles. The quantitative estimate of drug-likeness (QED) is 0.775. The molecular weight excluding hydrogens is 168 g/mol. The summed E-state index contributed by atoms with van der Waals surface area (Å²) in [4.78, 5) is 5.71. The Morgan fingerprint density at radius 1 is 1.58 bits per heavy atom. The molecule has 0 spiro atoms. The minimum absolute atomic E-state index is 0.703. The highest BCUT2D eigenvalue weighted by atomic mass is 32.1. The number of nitrogens with two attached hydrogens (primary N) is 1. The molecule has 0 saturated heterocycles. The molecule has 0 saturated carbocycles. The van der Waals surface area contributed by atoms with Crippen LogP contribution in [0.15, 0.2) is 5.51 Å². The second-order valence-corrected chi connectivity index (χ2v) is 4.30. The molecule has 0 aliphatic rings. The summed E-state index contributed by atoms with van der Waals surface area (Å²) in [5.41, 5.74) is 8.61. The fourth-order valence-electron chi connectivity index (χ4n) is 1.17. The Morgan fingerprint density at radius 2 is 2.33 bits per heavy atom. The number of rotatable bonds is 4. The molecule has 0 aliphatic heterocycles. The third kappa shape index (κ3) is 2.57. The summed E-state index contributed by atoms with van der Waals surface area (Å²) in [6, 6.07) is 0. The molecule has 1 rings (SSSR count). The van der Waals surface area contributed by atoms with Crippen LogP contribution in [0.5, 0.6) is 0 Å². The summed E-state index contributed by atoms with van der Waals surface area (Å²) < 4.78 is 0. The Morgan fingerprint density at radius 3 is 2.92 bits per heavy atom. The van der Waals surface area contributed by atoms with Crippen LogP contribution < -0.4 is 5.73 Å². The minimum atomic E-state index is 0.703. The molecule has 1 aromatic rings. The number of hydrogen-bond acceptors (Lipinski definition) is 3. The number of aromatic nitrogens is 1. The first-order chi connectivity index (χ1) is 5.74. The van der Waals surface area contributed by atoms with Crippen molar-refractivity contribution in [1.82, 2.24) is 4.98 Å². The van der Waals surface area contributed by atoms with Gasteiger partial charge in [0.2, 0.25) is 0 Å². The number of thiazole rings is 1. The van der Waals surface area contributed by atoms with Crippen LogP contribution in [0.25, 0.3) is 0 Å². The Labute approximate surface area is 77.8 Å². The zero-order chi connectivity index (χ0) is 8.97. The van der Waals surface area contributed by atoms with Gasteiger partial charge in [-0.25, -0.2) is 4.98 Å². The molecule has 0 bridgehead atoms. The minimum Gasteiger partial charge on any atom is -0.330 e. The predicted molar refractivity (Wildman–Crippen MR) is 53.4 cm³/mol. The molecule has 2 nitrogen and oxygen atoms in total. The van der Waals surface area contributed by atoms with Gasteiger partial charge < -0.3 is 5.73 Å². The van der Waals surface area contributed by atoms with Crippen LogP contribution in [0.3, 0.4) is 0 Å². The SMILES string of the molecule is CC(C)Cc1scnc1CCN. The molecule has 0 amide bonds. The lowest BCUT2D eigenvalue weighted by molar-refractivity contribution is 0.648. The van der Waals surface area contributed by atoms with E-state index in [0.717, 1.165) is 12.8 Å². The molecular formula is C9H16N2S. The normalized spacial score (nSPS) is 11.0. The predicted octanol–water partition coefficient (Wildman–Crippen LogP) is 1.84. The third-order valence-corrected chi connectivity index (χ3v) is 2.60. The van der Waals surface area contributed by atoms with Gasteiger partial charge in [-0.2, -0.15) is 0 Å². The van der Waals surface area contributed by atoms with Crippen molar-refractivity contribution in [1.29, 1.82) is 0 Å². The highest BCUT2D eigenvalue weighted by Crippen LogP contribution is 2.17. The average Bonchev–Trinajstić information content (AvgIpc) is 2.37. The van der Waals surface area contributed by atoms with Crippen LogP contribution >= 0.6 is 11.3 Å². The molecule has 0 fully saturated rings. The van der Waals surface area contributed by atoms with Crippen molar-refractivity contribution in [3.8, 4) is 0 Å². The van der Waals surface area contributed by atoms with Gasteiger partial charge in [0, 0.05) is 11.3 Å². The summed E-state index contributed by atoms with van der Waals surface area (Å²) in [7, 11) is 0. The van der Waals surface area contributed by atoms with Crippen LogP contribution in [0.1, 0.15) is 24.4 Å². The van der Waals surface area contributed by atoms with Gasteiger partial charge in [-0.3, -0.25) is 0 Å². The van der Waals surface area contributed by atoms with Crippen LogP contribution in [0.4, 0.5) is 0 Å². The fraction of sp³-hybridized carbons (Fsp3) is 0.667. The van der Waals surface area contributed by atoms with Crippen molar-refractivity contribution < 1.29 is 0 Å². The first kappa shape index (κ1) is 9.68. The monoisotopic (exact) mass is 184 g/mol. The van der Waals surface area contributed by atoms with Gasteiger partial charge >= 0.3 is 0 Å². The molecule has 0 atom stereocenters. The lowest BCUT2D eigenvalue weighted by Crippen LogP contribution is -2.05. The van der Waals surface area contributed by atoms with Crippen molar-refractivity contribution in [2.75, 3.05) is 6.54 Å². The smallest absolute Gasteiger partial charge is 0.0797 e. The largest absolute Gasteiger partial charge is 0.330 e. The molecule has 68 valence electrons. The molecule has 3 heteroatoms. The van der Waals surface area contributed by atoms with Gasteiger partial charge in [0.15, 0.2) is 0 Å². The van der Waals surface area contributed by atoms with E-state index in [4.69, 9.17) is 5.73 Å². The van der Waals surface area contributed by atoms with E-state index in [1.54, 1.807) is 11.3 Å². The van der Waals surface area contributed by atoms with Gasteiger partial charge in [0.1, 0.15) is 0 Å². The van der Waals surface area contributed by atoms with Crippen LogP contribution in [-0.4, -0.2) is 11.5 Å². The van der Waals surface area contributed by atoms with E-state index in [2.05, 4.69) is 18.8 Å². The first-order valence-electron chi connectivity index (χ1n) is 4.35. The summed E-state index contributed by atoms with van der Waals surface area (Å²) in [5, 5.41) is 0. The maximum atomic E-state index is 5.48. The molecule has 1 aromatic heterocycles. The van der Waals surface area contributed by atoms with Crippen LogP contribution in [0.2, 0.25) is 0 Å². The molecule has 12 heavy (non-hydrogen) atoms. The van der Waals surface area contributed by atoms with E-state index in [-0.39, 0.29) is 0 Å². The highest BCUT2D eigenvalue weighted by Gasteiger charge is 2.06. The average molecular weight is 184 g/mol. The maximum Gasteiger partial charge on any atom is 0.0797 e. The second kappa shape index (κ2) is 4.58. The lowest BCUT2D eigenvalue weighted by atomic mass is 10.1. The zero-order valence-corrected chi connectivity index (χ0v) is 8.53. The Balaban J connectivity index is 2.63. The Kier molecular flexibility index (Phi) is 3.69. The van der Waals surface area contributed by atoms with Crippen LogP contribution in [-0.2, 0) is 12.8 Å². The van der Waals surface area contributed by atoms with E-state index in [9.17, 15) is 0 Å². The van der Waals surface area contributed by atoms with Gasteiger partial charge in [0.05, 0.1) is 11.2 Å². The van der Waals surface area contributed by atoms with E-state index in [0.29, 0.717) is 12.5 Å². The lowest BCUT2D eigenvalue weighted by Gasteiger charge is -2.03. The summed E-state index contributed by atoms with van der Waals surface area (Å²) >= 11 is 1.75. The zero-order valence-electron chi connectivity index (χ0n) is 7.71. The summed E-state index contributed by atoms with van der Waals surface area (Å²) in [5.74, 6) is 0.710. The maximum absolute atomic E-state index is 5.48. The van der Waals surface area contributed by atoms with Gasteiger partial charge in [-0.1, -0.05) is 13.8 Å². The van der Waals surface area contributed by atoms with Gasteiger partial charge in [-0.15, -0.1) is 11.3 Å². The molecule has 1 heterocycles. The van der Waals surface area contributed by atoms with Crippen molar-refractivity contribution in [2.45, 2.75) is 26.7 Å². The van der Waals surface area contributed by atoms with E-state index in [1.807, 2.05) is 5.51 Å². The van der Waals surface area contributed by atoms with Gasteiger partial charge in [-0.05, 0) is 18.9 Å². The van der Waals surface area contributed by atoms with Crippen LogP contribution in [0, 0.1) is 5.92 Å². The van der Waals surface area contributed by atoms with Crippen molar-refractivity contribution >= 4 is 11.3 Å². The van der Waals surface area contributed by atoms with Gasteiger partial charge in [0.25, 0.3) is 0 Å². The summed E-state index contributed by atoms with van der Waals surface area (Å²) in [6.07, 6.45) is 2.06. The second-order valence-electron chi connectivity index (χ2n) is 3.36.